The van der Waals surface area contributed by atoms with Gasteiger partial charge in [-0.2, -0.15) is 0 Å². The van der Waals surface area contributed by atoms with Crippen LogP contribution >= 0.6 is 23.2 Å². The molecule has 1 aromatic carbocycles. The molecule has 1 fully saturated rings. The molecule has 1 saturated carbocycles. The molecule has 4 nitrogen and oxygen atoms in total. The minimum Gasteiger partial charge on any atom is -0.455 e. The van der Waals surface area contributed by atoms with Crippen molar-refractivity contribution < 1.29 is 14.3 Å². The number of esters is 1. The monoisotopic (exact) mass is 371 g/mol. The maximum Gasteiger partial charge on any atom is 0.310 e. The third-order valence-corrected chi connectivity index (χ3v) is 5.49. The lowest BCUT2D eigenvalue weighted by Crippen LogP contribution is -2.45. The number of hydrogen-bond donors (Lipinski definition) is 1. The molecule has 6 heteroatoms. The molecule has 3 atom stereocenters. The average Bonchev–Trinajstić information content (AvgIpc) is 2.53. The topological polar surface area (TPSA) is 55.4 Å². The zero-order valence-electron chi connectivity index (χ0n) is 14.0. The summed E-state index contributed by atoms with van der Waals surface area (Å²) in [5.41, 5.74) is 0.699. The number of hydrogen-bond acceptors (Lipinski definition) is 3. The number of carbonyl (C=O) groups is 2. The highest BCUT2D eigenvalue weighted by molar-refractivity contribution is 6.42. The Morgan fingerprint density at radius 3 is 2.67 bits per heavy atom. The summed E-state index contributed by atoms with van der Waals surface area (Å²) in [6.07, 6.45) is 3.36. The van der Waals surface area contributed by atoms with Crippen molar-refractivity contribution >= 4 is 35.1 Å². The molecule has 24 heavy (non-hydrogen) atoms. The molecule has 0 radical (unpaired) electrons. The van der Waals surface area contributed by atoms with Gasteiger partial charge in [0.15, 0.2) is 6.61 Å². The van der Waals surface area contributed by atoms with Crippen molar-refractivity contribution in [1.29, 1.82) is 0 Å². The maximum atomic E-state index is 12.0. The first-order valence-electron chi connectivity index (χ1n) is 8.25. The highest BCUT2D eigenvalue weighted by atomic mass is 35.5. The Hall–Kier alpha value is -1.26. The Bertz CT molecular complexity index is 606. The van der Waals surface area contributed by atoms with Crippen LogP contribution in [0.2, 0.25) is 10.0 Å². The van der Waals surface area contributed by atoms with Crippen molar-refractivity contribution in [3.63, 3.8) is 0 Å². The van der Waals surface area contributed by atoms with Gasteiger partial charge in [-0.25, -0.2) is 0 Å². The van der Waals surface area contributed by atoms with Crippen molar-refractivity contribution in [2.24, 2.45) is 11.8 Å². The van der Waals surface area contributed by atoms with Crippen LogP contribution in [-0.2, 0) is 20.7 Å². The first-order chi connectivity index (χ1) is 11.4. The number of amides is 1. The van der Waals surface area contributed by atoms with E-state index in [0.717, 1.165) is 12.8 Å². The number of nitrogens with one attached hydrogen (secondary N) is 1. The van der Waals surface area contributed by atoms with E-state index in [1.54, 1.807) is 18.2 Å². The molecule has 0 spiro atoms. The summed E-state index contributed by atoms with van der Waals surface area (Å²) >= 11 is 11.7. The Labute approximate surface area is 152 Å². The number of ether oxygens (including phenoxy) is 1. The molecule has 0 bridgehead atoms. The molecule has 1 amide bonds. The Morgan fingerprint density at radius 1 is 1.21 bits per heavy atom. The van der Waals surface area contributed by atoms with Crippen molar-refractivity contribution in [2.75, 3.05) is 6.61 Å². The predicted molar refractivity (Wildman–Crippen MR) is 95.2 cm³/mol. The van der Waals surface area contributed by atoms with E-state index in [9.17, 15) is 9.59 Å². The van der Waals surface area contributed by atoms with Crippen LogP contribution < -0.4 is 5.32 Å². The van der Waals surface area contributed by atoms with E-state index in [1.165, 1.54) is 6.42 Å². The Kier molecular flexibility index (Phi) is 6.93. The summed E-state index contributed by atoms with van der Waals surface area (Å²) in [5.74, 6) is 0.327. The van der Waals surface area contributed by atoms with Gasteiger partial charge in [0.25, 0.3) is 5.91 Å². The SMILES string of the molecule is CC1CCCC(NC(=O)COC(=O)Cc2ccc(Cl)c(Cl)c2)C1C. The second-order valence-corrected chi connectivity index (χ2v) is 7.34. The quantitative estimate of drug-likeness (QED) is 0.795. The standard InChI is InChI=1S/C18H23Cl2NO3/c1-11-4-3-5-16(12(11)2)21-17(22)10-24-18(23)9-13-6-7-14(19)15(20)8-13/h6-8,11-12,16H,3-5,9-10H2,1-2H3,(H,21,22). The van der Waals surface area contributed by atoms with Gasteiger partial charge in [0.1, 0.15) is 0 Å². The van der Waals surface area contributed by atoms with Gasteiger partial charge in [0.05, 0.1) is 16.5 Å². The van der Waals surface area contributed by atoms with Crippen LogP contribution in [0.4, 0.5) is 0 Å². The average molecular weight is 372 g/mol. The van der Waals surface area contributed by atoms with Crippen LogP contribution in [0.3, 0.4) is 0 Å². The summed E-state index contributed by atoms with van der Waals surface area (Å²) in [6.45, 7) is 4.11. The summed E-state index contributed by atoms with van der Waals surface area (Å²) in [6, 6.07) is 5.12. The number of rotatable bonds is 5. The summed E-state index contributed by atoms with van der Waals surface area (Å²) in [7, 11) is 0. The van der Waals surface area contributed by atoms with E-state index in [-0.39, 0.29) is 25.0 Å². The predicted octanol–water partition coefficient (Wildman–Crippen LogP) is 4.02. The van der Waals surface area contributed by atoms with Crippen LogP contribution in [0.25, 0.3) is 0 Å². The summed E-state index contributed by atoms with van der Waals surface area (Å²) in [5, 5.41) is 3.80. The minimum atomic E-state index is -0.464. The van der Waals surface area contributed by atoms with Crippen LogP contribution in [0.1, 0.15) is 38.7 Å². The first-order valence-corrected chi connectivity index (χ1v) is 9.01. The van der Waals surface area contributed by atoms with Crippen LogP contribution in [0.5, 0.6) is 0 Å². The third-order valence-electron chi connectivity index (χ3n) is 4.75. The van der Waals surface area contributed by atoms with Crippen LogP contribution in [-0.4, -0.2) is 24.5 Å². The van der Waals surface area contributed by atoms with E-state index in [4.69, 9.17) is 27.9 Å². The lowest BCUT2D eigenvalue weighted by molar-refractivity contribution is -0.148. The van der Waals surface area contributed by atoms with Gasteiger partial charge in [-0.15, -0.1) is 0 Å². The summed E-state index contributed by atoms with van der Waals surface area (Å²) < 4.78 is 5.05. The Balaban J connectivity index is 1.76. The van der Waals surface area contributed by atoms with E-state index < -0.39 is 5.97 Å². The highest BCUT2D eigenvalue weighted by Gasteiger charge is 2.28. The number of benzene rings is 1. The molecule has 0 saturated heterocycles. The fraction of sp³-hybridized carbons (Fsp3) is 0.556. The van der Waals surface area contributed by atoms with Gasteiger partial charge < -0.3 is 10.1 Å². The smallest absolute Gasteiger partial charge is 0.310 e. The molecule has 132 valence electrons. The largest absolute Gasteiger partial charge is 0.455 e. The first kappa shape index (κ1) is 19.1. The fourth-order valence-electron chi connectivity index (χ4n) is 3.05. The molecular formula is C18H23Cl2NO3. The molecule has 1 aliphatic carbocycles. The molecule has 0 aromatic heterocycles. The van der Waals surface area contributed by atoms with Crippen LogP contribution in [0, 0.1) is 11.8 Å². The zero-order chi connectivity index (χ0) is 17.7. The van der Waals surface area contributed by atoms with Gasteiger partial charge in [-0.05, 0) is 36.0 Å². The lowest BCUT2D eigenvalue weighted by Gasteiger charge is -2.34. The van der Waals surface area contributed by atoms with E-state index in [1.807, 2.05) is 0 Å². The highest BCUT2D eigenvalue weighted by Crippen LogP contribution is 2.29. The molecule has 0 heterocycles. The minimum absolute atomic E-state index is 0.0566. The lowest BCUT2D eigenvalue weighted by atomic mass is 9.78. The van der Waals surface area contributed by atoms with E-state index in [2.05, 4.69) is 19.2 Å². The Morgan fingerprint density at radius 2 is 1.96 bits per heavy atom. The second kappa shape index (κ2) is 8.72. The fourth-order valence-corrected chi connectivity index (χ4v) is 3.37. The van der Waals surface area contributed by atoms with Gasteiger partial charge in [-0.1, -0.05) is 56.0 Å². The molecule has 2 rings (SSSR count). The maximum absolute atomic E-state index is 12.0. The van der Waals surface area contributed by atoms with E-state index >= 15 is 0 Å². The number of halogens is 2. The third kappa shape index (κ3) is 5.38. The molecule has 1 aromatic rings. The zero-order valence-corrected chi connectivity index (χ0v) is 15.5. The molecule has 1 aliphatic rings. The van der Waals surface area contributed by atoms with Crippen LogP contribution in [0.15, 0.2) is 18.2 Å². The van der Waals surface area contributed by atoms with Crippen molar-refractivity contribution in [2.45, 2.75) is 45.6 Å². The summed E-state index contributed by atoms with van der Waals surface area (Å²) in [4.78, 5) is 23.8. The molecule has 3 unspecified atom stereocenters. The van der Waals surface area contributed by atoms with Crippen molar-refractivity contribution in [3.05, 3.63) is 33.8 Å². The molecule has 0 aliphatic heterocycles. The molecule has 1 N–H and O–H groups in total. The van der Waals surface area contributed by atoms with Gasteiger partial charge in [-0.3, -0.25) is 9.59 Å². The van der Waals surface area contributed by atoms with E-state index in [0.29, 0.717) is 27.4 Å². The normalized spacial score (nSPS) is 23.6. The van der Waals surface area contributed by atoms with Gasteiger partial charge in [0.2, 0.25) is 0 Å². The van der Waals surface area contributed by atoms with Crippen molar-refractivity contribution in [1.82, 2.24) is 5.32 Å². The molecular weight excluding hydrogens is 349 g/mol. The number of carbonyl (C=O) groups excluding carboxylic acids is 2. The van der Waals surface area contributed by atoms with Gasteiger partial charge >= 0.3 is 5.97 Å². The van der Waals surface area contributed by atoms with Gasteiger partial charge in [0, 0.05) is 6.04 Å². The second-order valence-electron chi connectivity index (χ2n) is 6.53. The van der Waals surface area contributed by atoms with Crippen molar-refractivity contribution in [3.8, 4) is 0 Å².